The van der Waals surface area contributed by atoms with E-state index in [4.69, 9.17) is 16.0 Å². The third kappa shape index (κ3) is 4.02. The molecule has 0 bridgehead atoms. The highest BCUT2D eigenvalue weighted by molar-refractivity contribution is 6.29. The van der Waals surface area contributed by atoms with Crippen molar-refractivity contribution in [3.63, 3.8) is 0 Å². The highest BCUT2D eigenvalue weighted by atomic mass is 35.5. The molecule has 0 spiro atoms. The Kier molecular flexibility index (Phi) is 5.30. The molecule has 1 aromatic carbocycles. The number of hydrogen-bond acceptors (Lipinski definition) is 5. The topological polar surface area (TPSA) is 62.5 Å². The molecule has 7 heteroatoms. The van der Waals surface area contributed by atoms with E-state index < -0.39 is 0 Å². The standard InChI is InChI=1S/C21H21ClN4O2/c1-15-17(23-21(28-15)16-6-3-2-4-7-16)14-20(27)26-12-10-25(11-13-26)19-9-5-8-18(22)24-19/h2-9H,10-14H2,1H3. The van der Waals surface area contributed by atoms with E-state index in [0.29, 0.717) is 35.6 Å². The van der Waals surface area contributed by atoms with Crippen LogP contribution in [0.4, 0.5) is 5.82 Å². The van der Waals surface area contributed by atoms with Crippen LogP contribution in [0.5, 0.6) is 0 Å². The number of halogens is 1. The van der Waals surface area contributed by atoms with Crippen molar-refractivity contribution in [3.05, 3.63) is 65.1 Å². The summed E-state index contributed by atoms with van der Waals surface area (Å²) in [6, 6.07) is 15.3. The van der Waals surface area contributed by atoms with E-state index in [9.17, 15) is 4.79 Å². The van der Waals surface area contributed by atoms with Gasteiger partial charge in [0.1, 0.15) is 16.7 Å². The van der Waals surface area contributed by atoms with E-state index in [1.165, 1.54) is 0 Å². The number of nitrogens with zero attached hydrogens (tertiary/aromatic N) is 4. The summed E-state index contributed by atoms with van der Waals surface area (Å²) in [5.74, 6) is 2.15. The van der Waals surface area contributed by atoms with Crippen LogP contribution in [0, 0.1) is 6.92 Å². The molecule has 144 valence electrons. The van der Waals surface area contributed by atoms with Gasteiger partial charge in [-0.1, -0.05) is 35.9 Å². The molecular weight excluding hydrogens is 376 g/mol. The van der Waals surface area contributed by atoms with E-state index in [-0.39, 0.29) is 12.3 Å². The quantitative estimate of drug-likeness (QED) is 0.630. The molecule has 1 saturated heterocycles. The minimum Gasteiger partial charge on any atom is -0.441 e. The number of anilines is 1. The molecule has 1 fully saturated rings. The van der Waals surface area contributed by atoms with Crippen LogP contribution in [0.15, 0.2) is 52.9 Å². The van der Waals surface area contributed by atoms with Gasteiger partial charge < -0.3 is 14.2 Å². The van der Waals surface area contributed by atoms with Crippen LogP contribution in [0.1, 0.15) is 11.5 Å². The first-order valence-electron chi connectivity index (χ1n) is 9.27. The van der Waals surface area contributed by atoms with Crippen molar-refractivity contribution >= 4 is 23.3 Å². The Bertz CT molecular complexity index is 966. The number of rotatable bonds is 4. The number of amides is 1. The van der Waals surface area contributed by atoms with Crippen LogP contribution in [0.3, 0.4) is 0 Å². The number of oxazole rings is 1. The minimum absolute atomic E-state index is 0.0646. The first kappa shape index (κ1) is 18.5. The summed E-state index contributed by atoms with van der Waals surface area (Å²) >= 11 is 5.98. The van der Waals surface area contributed by atoms with E-state index >= 15 is 0 Å². The predicted molar refractivity (Wildman–Crippen MR) is 108 cm³/mol. The van der Waals surface area contributed by atoms with Crippen LogP contribution >= 0.6 is 11.6 Å². The Morgan fingerprint density at radius 3 is 2.50 bits per heavy atom. The lowest BCUT2D eigenvalue weighted by Crippen LogP contribution is -2.49. The molecule has 4 rings (SSSR count). The molecule has 3 heterocycles. The van der Waals surface area contributed by atoms with E-state index in [1.807, 2.05) is 54.3 Å². The molecular formula is C21H21ClN4O2. The molecule has 28 heavy (non-hydrogen) atoms. The van der Waals surface area contributed by atoms with Crippen molar-refractivity contribution in [3.8, 4) is 11.5 Å². The molecule has 1 amide bonds. The molecule has 0 N–H and O–H groups in total. The van der Waals surface area contributed by atoms with Gasteiger partial charge in [0.05, 0.1) is 12.1 Å². The van der Waals surface area contributed by atoms with Gasteiger partial charge in [-0.25, -0.2) is 9.97 Å². The Balaban J connectivity index is 1.38. The number of piperazine rings is 1. The molecule has 0 saturated carbocycles. The number of aryl methyl sites for hydroxylation is 1. The number of aromatic nitrogens is 2. The molecule has 0 unspecified atom stereocenters. The monoisotopic (exact) mass is 396 g/mol. The SMILES string of the molecule is Cc1oc(-c2ccccc2)nc1CC(=O)N1CCN(c2cccc(Cl)n2)CC1. The second-order valence-corrected chi connectivity index (χ2v) is 7.14. The highest BCUT2D eigenvalue weighted by Gasteiger charge is 2.24. The smallest absolute Gasteiger partial charge is 0.228 e. The van der Waals surface area contributed by atoms with Gasteiger partial charge in [0.25, 0.3) is 0 Å². The Labute approximate surface area is 168 Å². The molecule has 0 atom stereocenters. The number of carbonyl (C=O) groups excluding carboxylic acids is 1. The zero-order valence-electron chi connectivity index (χ0n) is 15.6. The fourth-order valence-corrected chi connectivity index (χ4v) is 3.47. The largest absolute Gasteiger partial charge is 0.441 e. The Morgan fingerprint density at radius 2 is 1.79 bits per heavy atom. The summed E-state index contributed by atoms with van der Waals surface area (Å²) in [5.41, 5.74) is 1.61. The average Bonchev–Trinajstić information content (AvgIpc) is 3.09. The van der Waals surface area contributed by atoms with Gasteiger partial charge in [0.2, 0.25) is 11.8 Å². The Hall–Kier alpha value is -2.86. The van der Waals surface area contributed by atoms with Crippen molar-refractivity contribution in [2.75, 3.05) is 31.1 Å². The lowest BCUT2D eigenvalue weighted by molar-refractivity contribution is -0.130. The van der Waals surface area contributed by atoms with Gasteiger partial charge in [0.15, 0.2) is 0 Å². The zero-order valence-corrected chi connectivity index (χ0v) is 16.4. The Morgan fingerprint density at radius 1 is 1.04 bits per heavy atom. The molecule has 6 nitrogen and oxygen atoms in total. The normalized spacial score (nSPS) is 14.4. The maximum Gasteiger partial charge on any atom is 0.228 e. The summed E-state index contributed by atoms with van der Waals surface area (Å²) in [6.07, 6.45) is 0.248. The third-order valence-corrected chi connectivity index (χ3v) is 5.10. The molecule has 1 aliphatic heterocycles. The van der Waals surface area contributed by atoms with Gasteiger partial charge in [0, 0.05) is 31.7 Å². The number of carbonyl (C=O) groups is 1. The molecule has 0 radical (unpaired) electrons. The van der Waals surface area contributed by atoms with Gasteiger partial charge in [-0.05, 0) is 31.2 Å². The van der Waals surface area contributed by atoms with Crippen molar-refractivity contribution in [2.24, 2.45) is 0 Å². The predicted octanol–water partition coefficient (Wildman–Crippen LogP) is 3.59. The van der Waals surface area contributed by atoms with Crippen LogP contribution in [0.2, 0.25) is 5.15 Å². The van der Waals surface area contributed by atoms with Crippen molar-refractivity contribution < 1.29 is 9.21 Å². The van der Waals surface area contributed by atoms with Crippen molar-refractivity contribution in [1.29, 1.82) is 0 Å². The van der Waals surface area contributed by atoms with Crippen molar-refractivity contribution in [1.82, 2.24) is 14.9 Å². The van der Waals surface area contributed by atoms with E-state index in [0.717, 1.165) is 24.5 Å². The second-order valence-electron chi connectivity index (χ2n) is 6.75. The fourth-order valence-electron chi connectivity index (χ4n) is 3.31. The van der Waals surface area contributed by atoms with Gasteiger partial charge in [-0.15, -0.1) is 0 Å². The fraction of sp³-hybridized carbons (Fsp3) is 0.286. The van der Waals surface area contributed by atoms with Gasteiger partial charge >= 0.3 is 0 Å². The third-order valence-electron chi connectivity index (χ3n) is 4.89. The number of pyridine rings is 1. The zero-order chi connectivity index (χ0) is 19.5. The minimum atomic E-state index is 0.0646. The lowest BCUT2D eigenvalue weighted by Gasteiger charge is -2.35. The maximum atomic E-state index is 12.8. The molecule has 2 aromatic heterocycles. The van der Waals surface area contributed by atoms with E-state index in [1.54, 1.807) is 6.07 Å². The second kappa shape index (κ2) is 8.02. The number of benzene rings is 1. The van der Waals surface area contributed by atoms with Crippen LogP contribution in [-0.2, 0) is 11.2 Å². The molecule has 1 aliphatic rings. The summed E-state index contributed by atoms with van der Waals surface area (Å²) in [7, 11) is 0. The maximum absolute atomic E-state index is 12.8. The van der Waals surface area contributed by atoms with Crippen LogP contribution in [-0.4, -0.2) is 47.0 Å². The lowest BCUT2D eigenvalue weighted by atomic mass is 10.2. The summed E-state index contributed by atoms with van der Waals surface area (Å²) < 4.78 is 5.76. The summed E-state index contributed by atoms with van der Waals surface area (Å²) in [6.45, 7) is 4.61. The van der Waals surface area contributed by atoms with Crippen molar-refractivity contribution in [2.45, 2.75) is 13.3 Å². The van der Waals surface area contributed by atoms with Gasteiger partial charge in [-0.2, -0.15) is 0 Å². The molecule has 3 aromatic rings. The van der Waals surface area contributed by atoms with Crippen LogP contribution < -0.4 is 4.90 Å². The first-order valence-corrected chi connectivity index (χ1v) is 9.65. The number of hydrogen-bond donors (Lipinski definition) is 0. The average molecular weight is 397 g/mol. The highest BCUT2D eigenvalue weighted by Crippen LogP contribution is 2.22. The summed E-state index contributed by atoms with van der Waals surface area (Å²) in [4.78, 5) is 25.6. The molecule has 0 aliphatic carbocycles. The van der Waals surface area contributed by atoms with E-state index in [2.05, 4.69) is 14.9 Å². The summed E-state index contributed by atoms with van der Waals surface area (Å²) in [5, 5.41) is 0.478. The van der Waals surface area contributed by atoms with Crippen LogP contribution in [0.25, 0.3) is 11.5 Å². The first-order chi connectivity index (χ1) is 13.6. The van der Waals surface area contributed by atoms with Gasteiger partial charge in [-0.3, -0.25) is 4.79 Å².